The Balaban J connectivity index is 2.09. The lowest BCUT2D eigenvalue weighted by Gasteiger charge is -2.24. The molecule has 0 aliphatic carbocycles. The minimum absolute atomic E-state index is 0.0261. The molecule has 0 bridgehead atoms. The number of sulfonamides is 1. The van der Waals surface area contributed by atoms with Gasteiger partial charge in [0.05, 0.1) is 0 Å². The summed E-state index contributed by atoms with van der Waals surface area (Å²) in [5, 5.41) is 8.74. The van der Waals surface area contributed by atoms with Crippen LogP contribution in [-0.4, -0.2) is 23.8 Å². The SMILES string of the molecule is CC(C)(C)c1ccc(CN(Cc2ccc(C(=O)NO)cc2)S(=O)(=O)c2c(F)c(F)c(F)c(F)c2F)cc1. The molecule has 0 atom stereocenters. The molecule has 0 aliphatic rings. The molecule has 3 aromatic carbocycles. The van der Waals surface area contributed by atoms with Crippen LogP contribution in [0.15, 0.2) is 53.4 Å². The topological polar surface area (TPSA) is 86.7 Å². The van der Waals surface area contributed by atoms with Crippen LogP contribution in [0.4, 0.5) is 22.0 Å². The molecule has 3 aromatic rings. The highest BCUT2D eigenvalue weighted by Crippen LogP contribution is 2.31. The maximum Gasteiger partial charge on any atom is 0.274 e. The van der Waals surface area contributed by atoms with Gasteiger partial charge in [0.15, 0.2) is 28.2 Å². The fourth-order valence-electron chi connectivity index (χ4n) is 3.51. The van der Waals surface area contributed by atoms with E-state index in [1.54, 1.807) is 24.3 Å². The van der Waals surface area contributed by atoms with Crippen LogP contribution in [0.5, 0.6) is 0 Å². The van der Waals surface area contributed by atoms with Gasteiger partial charge in [0.1, 0.15) is 0 Å². The van der Waals surface area contributed by atoms with Gasteiger partial charge in [0.25, 0.3) is 5.91 Å². The maximum absolute atomic E-state index is 14.5. The Hall–Kier alpha value is -3.35. The Morgan fingerprint density at radius 3 is 1.59 bits per heavy atom. The first kappa shape index (κ1) is 28.2. The highest BCUT2D eigenvalue weighted by Gasteiger charge is 2.37. The summed E-state index contributed by atoms with van der Waals surface area (Å²) in [5.74, 6) is -13.0. The highest BCUT2D eigenvalue weighted by atomic mass is 32.2. The van der Waals surface area contributed by atoms with Gasteiger partial charge in [-0.25, -0.2) is 35.8 Å². The predicted molar refractivity (Wildman–Crippen MR) is 124 cm³/mol. The molecule has 6 nitrogen and oxygen atoms in total. The Kier molecular flexibility index (Phi) is 8.06. The lowest BCUT2D eigenvalue weighted by Crippen LogP contribution is -2.32. The van der Waals surface area contributed by atoms with E-state index in [0.717, 1.165) is 5.56 Å². The third-order valence-electron chi connectivity index (χ3n) is 5.62. The number of nitrogens with one attached hydrogen (secondary N) is 1. The number of rotatable bonds is 7. The molecule has 0 heterocycles. The number of halogens is 5. The Bertz CT molecular complexity index is 1390. The number of hydroxylamine groups is 1. The van der Waals surface area contributed by atoms with E-state index in [2.05, 4.69) is 0 Å². The third kappa shape index (κ3) is 5.81. The van der Waals surface area contributed by atoms with Gasteiger partial charge in [-0.3, -0.25) is 10.0 Å². The number of carbonyl (C=O) groups excluding carboxylic acids is 1. The molecular formula is C25H23F5N2O4S. The molecule has 0 unspecified atom stereocenters. The number of hydrogen-bond donors (Lipinski definition) is 2. The third-order valence-corrected chi connectivity index (χ3v) is 7.44. The summed E-state index contributed by atoms with van der Waals surface area (Å²) in [4.78, 5) is 9.58. The van der Waals surface area contributed by atoms with Crippen LogP contribution in [0, 0.1) is 29.1 Å². The maximum atomic E-state index is 14.5. The molecular weight excluding hydrogens is 519 g/mol. The van der Waals surface area contributed by atoms with Crippen molar-refractivity contribution >= 4 is 15.9 Å². The molecule has 1 amide bonds. The van der Waals surface area contributed by atoms with E-state index in [9.17, 15) is 35.2 Å². The van der Waals surface area contributed by atoms with Gasteiger partial charge in [-0.2, -0.15) is 4.31 Å². The van der Waals surface area contributed by atoms with E-state index >= 15 is 0 Å². The molecule has 198 valence electrons. The average Bonchev–Trinajstić information content (AvgIpc) is 2.85. The van der Waals surface area contributed by atoms with E-state index in [0.29, 0.717) is 9.87 Å². The summed E-state index contributed by atoms with van der Waals surface area (Å²) in [5.41, 5.74) is 2.77. The zero-order chi connectivity index (χ0) is 27.7. The minimum Gasteiger partial charge on any atom is -0.288 e. The number of carbonyl (C=O) groups is 1. The van der Waals surface area contributed by atoms with Crippen molar-refractivity contribution in [2.24, 2.45) is 0 Å². The van der Waals surface area contributed by atoms with E-state index in [-0.39, 0.29) is 16.5 Å². The smallest absolute Gasteiger partial charge is 0.274 e. The second-order valence-corrected chi connectivity index (χ2v) is 11.1. The van der Waals surface area contributed by atoms with Crippen LogP contribution in [0.3, 0.4) is 0 Å². The molecule has 0 aromatic heterocycles. The Morgan fingerprint density at radius 2 is 1.19 bits per heavy atom. The summed E-state index contributed by atoms with van der Waals surface area (Å²) in [6.07, 6.45) is 0. The molecule has 0 fully saturated rings. The van der Waals surface area contributed by atoms with Crippen molar-refractivity contribution in [1.29, 1.82) is 0 Å². The molecule has 0 aliphatic heterocycles. The van der Waals surface area contributed by atoms with Crippen molar-refractivity contribution in [3.63, 3.8) is 0 Å². The monoisotopic (exact) mass is 542 g/mol. The van der Waals surface area contributed by atoms with Crippen LogP contribution in [-0.2, 0) is 28.5 Å². The normalized spacial score (nSPS) is 12.2. The van der Waals surface area contributed by atoms with Gasteiger partial charge in [0.2, 0.25) is 15.8 Å². The van der Waals surface area contributed by atoms with E-state index in [1.807, 2.05) is 20.8 Å². The van der Waals surface area contributed by atoms with Crippen LogP contribution >= 0.6 is 0 Å². The molecule has 3 rings (SSSR count). The summed E-state index contributed by atoms with van der Waals surface area (Å²) in [6.45, 7) is 4.88. The van der Waals surface area contributed by atoms with E-state index in [4.69, 9.17) is 5.21 Å². The molecule has 37 heavy (non-hydrogen) atoms. The second-order valence-electron chi connectivity index (χ2n) is 9.26. The van der Waals surface area contributed by atoms with Gasteiger partial charge in [0, 0.05) is 18.7 Å². The van der Waals surface area contributed by atoms with Crippen LogP contribution < -0.4 is 5.48 Å². The first-order chi connectivity index (χ1) is 17.2. The van der Waals surface area contributed by atoms with Crippen molar-refractivity contribution < 1.29 is 40.4 Å². The molecule has 0 spiro atoms. The largest absolute Gasteiger partial charge is 0.288 e. The summed E-state index contributed by atoms with van der Waals surface area (Å²) < 4.78 is 97.5. The molecule has 2 N–H and O–H groups in total. The van der Waals surface area contributed by atoms with Crippen molar-refractivity contribution in [1.82, 2.24) is 9.79 Å². The van der Waals surface area contributed by atoms with Crippen LogP contribution in [0.2, 0.25) is 0 Å². The standard InChI is InChI=1S/C25H23F5N2O4S/c1-25(2,3)17-10-6-15(7-11-17)13-32(12-14-4-8-16(9-5-14)24(33)31-34)37(35,36)23-21(29)19(27)18(26)20(28)22(23)30/h4-11,34H,12-13H2,1-3H3,(H,31,33). The molecule has 0 radical (unpaired) electrons. The Labute approximate surface area is 210 Å². The fourth-order valence-corrected chi connectivity index (χ4v) is 5.04. The zero-order valence-corrected chi connectivity index (χ0v) is 20.8. The highest BCUT2D eigenvalue weighted by molar-refractivity contribution is 7.89. The lowest BCUT2D eigenvalue weighted by atomic mass is 9.87. The first-order valence-electron chi connectivity index (χ1n) is 10.8. The number of hydrogen-bond acceptors (Lipinski definition) is 4. The van der Waals surface area contributed by atoms with Gasteiger partial charge in [-0.05, 0) is 34.2 Å². The molecule has 0 saturated heterocycles. The summed E-state index contributed by atoms with van der Waals surface area (Å²) >= 11 is 0. The van der Waals surface area contributed by atoms with Crippen molar-refractivity contribution in [3.8, 4) is 0 Å². The van der Waals surface area contributed by atoms with E-state index in [1.165, 1.54) is 29.7 Å². The first-order valence-corrected chi connectivity index (χ1v) is 12.3. The van der Waals surface area contributed by atoms with E-state index < -0.39 is 63.0 Å². The van der Waals surface area contributed by atoms with Crippen LogP contribution in [0.1, 0.15) is 47.8 Å². The lowest BCUT2D eigenvalue weighted by molar-refractivity contribution is 0.0706. The number of nitrogens with zero attached hydrogens (tertiary/aromatic N) is 1. The summed E-state index contributed by atoms with van der Waals surface area (Å²) in [7, 11) is -5.27. The molecule has 12 heteroatoms. The summed E-state index contributed by atoms with van der Waals surface area (Å²) in [6, 6.07) is 11.8. The second kappa shape index (κ2) is 10.6. The van der Waals surface area contributed by atoms with Crippen molar-refractivity contribution in [2.75, 3.05) is 0 Å². The van der Waals surface area contributed by atoms with Crippen molar-refractivity contribution in [2.45, 2.75) is 44.2 Å². The van der Waals surface area contributed by atoms with Gasteiger partial charge < -0.3 is 0 Å². The average molecular weight is 543 g/mol. The Morgan fingerprint density at radius 1 is 0.784 bits per heavy atom. The van der Waals surface area contributed by atoms with Gasteiger partial charge >= 0.3 is 0 Å². The van der Waals surface area contributed by atoms with Crippen molar-refractivity contribution in [3.05, 3.63) is 99.9 Å². The van der Waals surface area contributed by atoms with Crippen LogP contribution in [0.25, 0.3) is 0 Å². The minimum atomic E-state index is -5.27. The predicted octanol–water partition coefficient (Wildman–Crippen LogP) is 5.19. The number of amides is 1. The van der Waals surface area contributed by atoms with Gasteiger partial charge in [-0.15, -0.1) is 0 Å². The molecule has 0 saturated carbocycles. The van der Waals surface area contributed by atoms with Gasteiger partial charge in [-0.1, -0.05) is 57.2 Å². The fraction of sp³-hybridized carbons (Fsp3) is 0.240. The number of benzene rings is 3. The zero-order valence-electron chi connectivity index (χ0n) is 20.0. The quantitative estimate of drug-likeness (QED) is 0.142.